The van der Waals surface area contributed by atoms with Gasteiger partial charge in [-0.3, -0.25) is 0 Å². The fourth-order valence-corrected chi connectivity index (χ4v) is 2.13. The van der Waals surface area contributed by atoms with Gasteiger partial charge in [0.05, 0.1) is 0 Å². The minimum Gasteiger partial charge on any atom is -0.457 e. The van der Waals surface area contributed by atoms with Gasteiger partial charge in [-0.05, 0) is 32.1 Å². The molecule has 0 saturated carbocycles. The van der Waals surface area contributed by atoms with Gasteiger partial charge in [-0.15, -0.1) is 6.58 Å². The summed E-state index contributed by atoms with van der Waals surface area (Å²) in [5.74, 6) is -0.536. The van der Waals surface area contributed by atoms with Crippen molar-refractivity contribution in [1.82, 2.24) is 0 Å². The quantitative estimate of drug-likeness (QED) is 0.589. The van der Waals surface area contributed by atoms with E-state index in [1.807, 2.05) is 0 Å². The SMILES string of the molecule is C=CCC1(OC(=O)CO)CCC=CCCC1. The molecule has 0 fully saturated rings. The normalized spacial score (nSPS) is 25.6. The number of aliphatic hydroxyl groups is 1. The minimum atomic E-state index is -0.547. The zero-order valence-corrected chi connectivity index (χ0v) is 9.65. The van der Waals surface area contributed by atoms with Gasteiger partial charge in [0.15, 0.2) is 0 Å². The van der Waals surface area contributed by atoms with Crippen molar-refractivity contribution in [1.29, 1.82) is 0 Å². The smallest absolute Gasteiger partial charge is 0.332 e. The number of rotatable bonds is 4. The van der Waals surface area contributed by atoms with E-state index in [1.54, 1.807) is 6.08 Å². The number of aliphatic hydroxyl groups excluding tert-OH is 1. The lowest BCUT2D eigenvalue weighted by molar-refractivity contribution is -0.164. The predicted molar refractivity (Wildman–Crippen MR) is 62.9 cm³/mol. The van der Waals surface area contributed by atoms with Crippen molar-refractivity contribution in [3.63, 3.8) is 0 Å². The molecular formula is C13H20O3. The number of hydrogen-bond donors (Lipinski definition) is 1. The summed E-state index contributed by atoms with van der Waals surface area (Å²) < 4.78 is 5.41. The summed E-state index contributed by atoms with van der Waals surface area (Å²) in [5, 5.41) is 8.76. The molecular weight excluding hydrogens is 204 g/mol. The highest BCUT2D eigenvalue weighted by atomic mass is 16.6. The molecule has 0 aromatic carbocycles. The molecule has 16 heavy (non-hydrogen) atoms. The molecule has 3 nitrogen and oxygen atoms in total. The molecule has 0 aliphatic heterocycles. The van der Waals surface area contributed by atoms with E-state index in [-0.39, 0.29) is 0 Å². The highest BCUT2D eigenvalue weighted by Crippen LogP contribution is 2.31. The third-order valence-corrected chi connectivity index (χ3v) is 2.91. The highest BCUT2D eigenvalue weighted by Gasteiger charge is 2.32. The summed E-state index contributed by atoms with van der Waals surface area (Å²) in [7, 11) is 0. The number of ether oxygens (including phenoxy) is 1. The topological polar surface area (TPSA) is 46.5 Å². The molecule has 0 aromatic rings. The van der Waals surface area contributed by atoms with E-state index in [9.17, 15) is 4.79 Å². The maximum absolute atomic E-state index is 11.2. The Bertz CT molecular complexity index is 270. The molecule has 1 N–H and O–H groups in total. The molecule has 0 radical (unpaired) electrons. The first kappa shape index (κ1) is 13.0. The summed E-state index contributed by atoms with van der Waals surface area (Å²) >= 11 is 0. The summed E-state index contributed by atoms with van der Waals surface area (Å²) in [4.78, 5) is 11.2. The maximum Gasteiger partial charge on any atom is 0.332 e. The van der Waals surface area contributed by atoms with Gasteiger partial charge < -0.3 is 9.84 Å². The molecule has 3 heteroatoms. The summed E-state index contributed by atoms with van der Waals surface area (Å²) in [6.45, 7) is 3.17. The van der Waals surface area contributed by atoms with Crippen LogP contribution in [0.5, 0.6) is 0 Å². The van der Waals surface area contributed by atoms with Gasteiger partial charge in [-0.25, -0.2) is 4.79 Å². The molecule has 0 aromatic heterocycles. The molecule has 0 bridgehead atoms. The minimum absolute atomic E-state index is 0.452. The molecule has 90 valence electrons. The fraction of sp³-hybridized carbons (Fsp3) is 0.615. The van der Waals surface area contributed by atoms with Crippen LogP contribution in [-0.4, -0.2) is 23.3 Å². The molecule has 1 unspecified atom stereocenters. The Hall–Kier alpha value is -1.09. The zero-order chi connectivity index (χ0) is 11.9. The molecule has 1 rings (SSSR count). The number of allylic oxidation sites excluding steroid dienone is 2. The lowest BCUT2D eigenvalue weighted by atomic mass is 9.86. The van der Waals surface area contributed by atoms with Crippen LogP contribution in [0.2, 0.25) is 0 Å². The molecule has 0 amide bonds. The fourth-order valence-electron chi connectivity index (χ4n) is 2.13. The Kier molecular flexibility index (Phi) is 5.26. The van der Waals surface area contributed by atoms with Gasteiger partial charge in [0.25, 0.3) is 0 Å². The molecule has 0 saturated heterocycles. The number of carbonyl (C=O) groups excluding carboxylic acids is 1. The second kappa shape index (κ2) is 6.48. The van der Waals surface area contributed by atoms with Crippen LogP contribution in [0.25, 0.3) is 0 Å². The van der Waals surface area contributed by atoms with Gasteiger partial charge in [-0.2, -0.15) is 0 Å². The largest absolute Gasteiger partial charge is 0.457 e. The standard InChI is InChI=1S/C13H20O3/c1-2-8-13(16-12(15)11-14)9-6-4-3-5-7-10-13/h2-4,14H,1,5-11H2. The predicted octanol–water partition coefficient (Wildman–Crippen LogP) is 2.36. The van der Waals surface area contributed by atoms with Crippen LogP contribution < -0.4 is 0 Å². The Balaban J connectivity index is 2.71. The Morgan fingerprint density at radius 3 is 2.88 bits per heavy atom. The van der Waals surface area contributed by atoms with Crippen molar-refractivity contribution in [3.8, 4) is 0 Å². The van der Waals surface area contributed by atoms with E-state index in [0.717, 1.165) is 32.1 Å². The van der Waals surface area contributed by atoms with E-state index in [4.69, 9.17) is 9.84 Å². The number of carbonyl (C=O) groups is 1. The lowest BCUT2D eigenvalue weighted by Gasteiger charge is -2.33. The molecule has 0 heterocycles. The van der Waals surface area contributed by atoms with Crippen LogP contribution in [-0.2, 0) is 9.53 Å². The second-order valence-corrected chi connectivity index (χ2v) is 4.21. The van der Waals surface area contributed by atoms with Crippen LogP contribution in [0.4, 0.5) is 0 Å². The van der Waals surface area contributed by atoms with E-state index in [2.05, 4.69) is 18.7 Å². The monoisotopic (exact) mass is 224 g/mol. The Morgan fingerprint density at radius 2 is 2.19 bits per heavy atom. The van der Waals surface area contributed by atoms with Crippen molar-refractivity contribution in [2.24, 2.45) is 0 Å². The summed E-state index contributed by atoms with van der Waals surface area (Å²) in [6.07, 6.45) is 11.3. The average molecular weight is 224 g/mol. The highest BCUT2D eigenvalue weighted by molar-refractivity contribution is 5.70. The van der Waals surface area contributed by atoms with Crippen molar-refractivity contribution < 1.29 is 14.6 Å². The van der Waals surface area contributed by atoms with Crippen molar-refractivity contribution in [2.75, 3.05) is 6.61 Å². The third kappa shape index (κ3) is 3.81. The van der Waals surface area contributed by atoms with Crippen LogP contribution >= 0.6 is 0 Å². The average Bonchev–Trinajstić information content (AvgIpc) is 2.24. The van der Waals surface area contributed by atoms with Gasteiger partial charge >= 0.3 is 5.97 Å². The second-order valence-electron chi connectivity index (χ2n) is 4.21. The van der Waals surface area contributed by atoms with Crippen LogP contribution in [0, 0.1) is 0 Å². The Morgan fingerprint density at radius 1 is 1.44 bits per heavy atom. The first-order valence-corrected chi connectivity index (χ1v) is 5.81. The summed E-state index contributed by atoms with van der Waals surface area (Å²) in [5.41, 5.74) is -0.452. The van der Waals surface area contributed by atoms with Gasteiger partial charge in [0.1, 0.15) is 12.2 Å². The number of hydrogen-bond acceptors (Lipinski definition) is 3. The molecule has 1 aliphatic carbocycles. The van der Waals surface area contributed by atoms with Crippen molar-refractivity contribution in [2.45, 2.75) is 44.1 Å². The Labute approximate surface area is 96.8 Å². The van der Waals surface area contributed by atoms with Gasteiger partial charge in [-0.1, -0.05) is 18.2 Å². The van der Waals surface area contributed by atoms with Gasteiger partial charge in [0.2, 0.25) is 0 Å². The third-order valence-electron chi connectivity index (χ3n) is 2.91. The van der Waals surface area contributed by atoms with Gasteiger partial charge in [0, 0.05) is 6.42 Å². The molecule has 0 spiro atoms. The van der Waals surface area contributed by atoms with E-state index in [0.29, 0.717) is 6.42 Å². The first-order valence-electron chi connectivity index (χ1n) is 5.81. The van der Waals surface area contributed by atoms with Crippen molar-refractivity contribution in [3.05, 3.63) is 24.8 Å². The van der Waals surface area contributed by atoms with Crippen LogP contribution in [0.1, 0.15) is 38.5 Å². The molecule has 1 aliphatic rings. The van der Waals surface area contributed by atoms with Crippen LogP contribution in [0.15, 0.2) is 24.8 Å². The number of esters is 1. The van der Waals surface area contributed by atoms with Crippen LogP contribution in [0.3, 0.4) is 0 Å². The van der Waals surface area contributed by atoms with E-state index >= 15 is 0 Å². The van der Waals surface area contributed by atoms with E-state index < -0.39 is 18.2 Å². The first-order chi connectivity index (χ1) is 7.72. The zero-order valence-electron chi connectivity index (χ0n) is 9.65. The maximum atomic E-state index is 11.2. The summed E-state index contributed by atoms with van der Waals surface area (Å²) in [6, 6.07) is 0. The lowest BCUT2D eigenvalue weighted by Crippen LogP contribution is -2.36. The van der Waals surface area contributed by atoms with Crippen molar-refractivity contribution >= 4 is 5.97 Å². The van der Waals surface area contributed by atoms with E-state index in [1.165, 1.54) is 0 Å². The molecule has 1 atom stereocenters.